The summed E-state index contributed by atoms with van der Waals surface area (Å²) in [5, 5.41) is 3.84. The Morgan fingerprint density at radius 1 is 1.86 bits per heavy atom. The third-order valence-corrected chi connectivity index (χ3v) is 1.24. The van der Waals surface area contributed by atoms with Gasteiger partial charge in [-0.05, 0) is 11.6 Å². The Balaban J connectivity index is 2.54. The van der Waals surface area contributed by atoms with Crippen LogP contribution in [0.25, 0.3) is 0 Å². The van der Waals surface area contributed by atoms with Crippen LogP contribution >= 0.6 is 23.4 Å². The number of hydrazone groups is 1. The van der Waals surface area contributed by atoms with E-state index in [9.17, 15) is 0 Å². The van der Waals surface area contributed by atoms with Gasteiger partial charge in [0.2, 0.25) is 5.29 Å². The summed E-state index contributed by atoms with van der Waals surface area (Å²) < 4.78 is 1.28. The molecule has 40 valence electrons. The second kappa shape index (κ2) is 1.76. The number of amidine groups is 1. The molecule has 7 heavy (non-hydrogen) atoms. The Hall–Kier alpha value is -0.150. The van der Waals surface area contributed by atoms with E-state index in [0.29, 0.717) is 12.0 Å². The second-order valence-electron chi connectivity index (χ2n) is 1.06. The quantitative estimate of drug-likeness (QED) is 0.392. The molecular formula is C2H3Cl2N3. The highest BCUT2D eigenvalue weighted by molar-refractivity contribution is 6.67. The number of halogens is 2. The van der Waals surface area contributed by atoms with Gasteiger partial charge in [0.05, 0.1) is 0 Å². The number of nitrogens with one attached hydrogen (secondary N) is 1. The van der Waals surface area contributed by atoms with Gasteiger partial charge in [0.25, 0.3) is 0 Å². The maximum Gasteiger partial charge on any atom is 0.233 e. The van der Waals surface area contributed by atoms with E-state index in [4.69, 9.17) is 23.4 Å². The van der Waals surface area contributed by atoms with Gasteiger partial charge in [0.15, 0.2) is 0 Å². The number of hydrogen-bond donors (Lipinski definition) is 1. The SMILES string of the molecule is ClC1=NNCN1Cl. The van der Waals surface area contributed by atoms with Crippen molar-refractivity contribution in [1.29, 1.82) is 0 Å². The first-order chi connectivity index (χ1) is 3.30. The van der Waals surface area contributed by atoms with Gasteiger partial charge < -0.3 is 0 Å². The first kappa shape index (κ1) is 5.00. The highest BCUT2D eigenvalue weighted by atomic mass is 35.5. The number of rotatable bonds is 0. The second-order valence-corrected chi connectivity index (χ2v) is 1.81. The van der Waals surface area contributed by atoms with Crippen LogP contribution in [-0.4, -0.2) is 16.4 Å². The minimum atomic E-state index is 0.293. The van der Waals surface area contributed by atoms with Crippen molar-refractivity contribution >= 4 is 28.7 Å². The first-order valence-corrected chi connectivity index (χ1v) is 2.41. The average Bonchev–Trinajstić information content (AvgIpc) is 1.91. The lowest BCUT2D eigenvalue weighted by Crippen LogP contribution is -2.14. The summed E-state index contributed by atoms with van der Waals surface area (Å²) in [5.41, 5.74) is 2.57. The molecular weight excluding hydrogens is 137 g/mol. The fourth-order valence-corrected chi connectivity index (χ4v) is 0.493. The Morgan fingerprint density at radius 2 is 2.57 bits per heavy atom. The van der Waals surface area contributed by atoms with Crippen LogP contribution in [0.2, 0.25) is 0 Å². The maximum atomic E-state index is 5.37. The fraction of sp³-hybridized carbons (Fsp3) is 0.500. The molecule has 0 aromatic carbocycles. The molecule has 5 heteroatoms. The highest BCUT2D eigenvalue weighted by Crippen LogP contribution is 2.02. The Morgan fingerprint density at radius 3 is 2.71 bits per heavy atom. The van der Waals surface area contributed by atoms with Crippen LogP contribution in [0.15, 0.2) is 5.10 Å². The lowest BCUT2D eigenvalue weighted by molar-refractivity contribution is 0.632. The van der Waals surface area contributed by atoms with Crippen LogP contribution in [0.3, 0.4) is 0 Å². The summed E-state index contributed by atoms with van der Waals surface area (Å²) in [5.74, 6) is 0. The Bertz CT molecular complexity index is 101. The molecule has 0 aliphatic carbocycles. The van der Waals surface area contributed by atoms with Gasteiger partial charge in [-0.25, -0.2) is 4.42 Å². The van der Waals surface area contributed by atoms with Crippen LogP contribution in [0, 0.1) is 0 Å². The van der Waals surface area contributed by atoms with Crippen molar-refractivity contribution in [3.8, 4) is 0 Å². The molecule has 1 aliphatic heterocycles. The fourth-order valence-electron chi connectivity index (χ4n) is 0.282. The molecule has 0 atom stereocenters. The summed E-state index contributed by atoms with van der Waals surface area (Å²) in [7, 11) is 0. The number of hydrogen-bond acceptors (Lipinski definition) is 3. The minimum absolute atomic E-state index is 0.293. The van der Waals surface area contributed by atoms with Crippen LogP contribution in [-0.2, 0) is 0 Å². The van der Waals surface area contributed by atoms with E-state index >= 15 is 0 Å². The molecule has 0 spiro atoms. The molecule has 1 N–H and O–H groups in total. The molecule has 3 nitrogen and oxygen atoms in total. The maximum absolute atomic E-state index is 5.37. The van der Waals surface area contributed by atoms with E-state index in [2.05, 4.69) is 10.5 Å². The molecule has 0 saturated heterocycles. The van der Waals surface area contributed by atoms with Gasteiger partial charge in [0.1, 0.15) is 6.67 Å². The van der Waals surface area contributed by atoms with Crippen LogP contribution in [0.1, 0.15) is 0 Å². The zero-order valence-electron chi connectivity index (χ0n) is 3.36. The topological polar surface area (TPSA) is 27.6 Å². The van der Waals surface area contributed by atoms with Gasteiger partial charge in [-0.15, -0.1) is 5.10 Å². The van der Waals surface area contributed by atoms with Crippen LogP contribution in [0.5, 0.6) is 0 Å². The monoisotopic (exact) mass is 139 g/mol. The summed E-state index contributed by atoms with van der Waals surface area (Å²) in [4.78, 5) is 0. The van der Waals surface area contributed by atoms with Crippen molar-refractivity contribution in [3.05, 3.63) is 0 Å². The van der Waals surface area contributed by atoms with Gasteiger partial charge in [-0.1, -0.05) is 0 Å². The van der Waals surface area contributed by atoms with E-state index in [1.807, 2.05) is 0 Å². The van der Waals surface area contributed by atoms with E-state index in [-0.39, 0.29) is 0 Å². The first-order valence-electron chi connectivity index (χ1n) is 1.70. The predicted octanol–water partition coefficient (Wildman–Crippen LogP) is 0.513. The largest absolute Gasteiger partial charge is 0.286 e. The van der Waals surface area contributed by atoms with E-state index < -0.39 is 0 Å². The summed E-state index contributed by atoms with van der Waals surface area (Å²) in [6, 6.07) is 0. The van der Waals surface area contributed by atoms with Crippen LogP contribution < -0.4 is 5.43 Å². The van der Waals surface area contributed by atoms with Gasteiger partial charge in [-0.2, -0.15) is 0 Å². The molecule has 1 heterocycles. The molecule has 0 aromatic heterocycles. The lowest BCUT2D eigenvalue weighted by Gasteiger charge is -1.98. The summed E-state index contributed by atoms with van der Waals surface area (Å²) >= 11 is 10.7. The van der Waals surface area contributed by atoms with Crippen molar-refractivity contribution in [2.45, 2.75) is 0 Å². The molecule has 1 rings (SSSR count). The summed E-state index contributed by atoms with van der Waals surface area (Å²) in [6.07, 6.45) is 0. The molecule has 0 fully saturated rings. The highest BCUT2D eigenvalue weighted by Gasteiger charge is 2.09. The molecule has 0 unspecified atom stereocenters. The Labute approximate surface area is 51.0 Å². The van der Waals surface area contributed by atoms with E-state index in [0.717, 1.165) is 0 Å². The normalized spacial score (nSPS) is 19.1. The number of nitrogens with zero attached hydrogens (tertiary/aromatic N) is 2. The zero-order valence-corrected chi connectivity index (χ0v) is 4.87. The standard InChI is InChI=1S/C2H3Cl2N3/c3-2-6-5-1-7(2)4/h5H,1H2. The van der Waals surface area contributed by atoms with Crippen LogP contribution in [0.4, 0.5) is 0 Å². The van der Waals surface area contributed by atoms with Crippen molar-refractivity contribution < 1.29 is 0 Å². The third-order valence-electron chi connectivity index (χ3n) is 0.581. The molecule has 0 radical (unpaired) electrons. The molecule has 1 aliphatic rings. The molecule has 0 saturated carbocycles. The molecule has 0 bridgehead atoms. The third kappa shape index (κ3) is 0.894. The Kier molecular flexibility index (Phi) is 1.25. The van der Waals surface area contributed by atoms with Gasteiger partial charge >= 0.3 is 0 Å². The van der Waals surface area contributed by atoms with E-state index in [1.165, 1.54) is 4.42 Å². The summed E-state index contributed by atoms with van der Waals surface area (Å²) in [6.45, 7) is 0.486. The zero-order chi connectivity index (χ0) is 5.28. The van der Waals surface area contributed by atoms with E-state index in [1.54, 1.807) is 0 Å². The van der Waals surface area contributed by atoms with Crippen molar-refractivity contribution in [1.82, 2.24) is 9.84 Å². The molecule has 0 aromatic rings. The average molecular weight is 140 g/mol. The van der Waals surface area contributed by atoms with Crippen molar-refractivity contribution in [2.75, 3.05) is 6.67 Å². The predicted molar refractivity (Wildman–Crippen MR) is 29.0 cm³/mol. The van der Waals surface area contributed by atoms with Crippen molar-refractivity contribution in [3.63, 3.8) is 0 Å². The smallest absolute Gasteiger partial charge is 0.233 e. The van der Waals surface area contributed by atoms with Crippen molar-refractivity contribution in [2.24, 2.45) is 5.10 Å². The lowest BCUT2D eigenvalue weighted by atomic mass is 11.1. The minimum Gasteiger partial charge on any atom is -0.286 e. The van der Waals surface area contributed by atoms with Gasteiger partial charge in [-0.3, -0.25) is 5.43 Å². The molecule has 0 amide bonds. The van der Waals surface area contributed by atoms with Gasteiger partial charge in [0, 0.05) is 11.8 Å².